The van der Waals surface area contributed by atoms with E-state index in [1.54, 1.807) is 0 Å². The molecule has 1 aromatic carbocycles. The molecule has 1 aliphatic carbocycles. The van der Waals surface area contributed by atoms with Crippen molar-refractivity contribution in [1.29, 1.82) is 0 Å². The highest BCUT2D eigenvalue weighted by atomic mass is 19.1. The summed E-state index contributed by atoms with van der Waals surface area (Å²) in [6, 6.07) is 3.61. The largest absolute Gasteiger partial charge is 0.271 e. The maximum atomic E-state index is 13.7. The number of nitrogens with one attached hydrogen (secondary N) is 1. The van der Waals surface area contributed by atoms with Crippen molar-refractivity contribution in [3.05, 3.63) is 35.4 Å². The van der Waals surface area contributed by atoms with Crippen LogP contribution in [0.25, 0.3) is 0 Å². The molecule has 0 bridgehead atoms. The van der Waals surface area contributed by atoms with Crippen molar-refractivity contribution in [1.82, 2.24) is 5.43 Å². The zero-order chi connectivity index (χ0) is 13.9. The summed E-state index contributed by atoms with van der Waals surface area (Å²) in [6.45, 7) is 2.15. The van der Waals surface area contributed by atoms with E-state index in [-0.39, 0.29) is 17.3 Å². The second kappa shape index (κ2) is 5.97. The third-order valence-electron chi connectivity index (χ3n) is 4.68. The van der Waals surface area contributed by atoms with Crippen molar-refractivity contribution in [2.75, 3.05) is 0 Å². The van der Waals surface area contributed by atoms with E-state index in [4.69, 9.17) is 5.84 Å². The lowest BCUT2D eigenvalue weighted by atomic mass is 9.74. The number of rotatable bonds is 5. The average molecular weight is 268 g/mol. The highest BCUT2D eigenvalue weighted by Gasteiger charge is 2.39. The smallest absolute Gasteiger partial charge is 0.126 e. The molecule has 3 N–H and O–H groups in total. The first kappa shape index (κ1) is 14.4. The maximum Gasteiger partial charge on any atom is 0.126 e. The molecule has 0 radical (unpaired) electrons. The van der Waals surface area contributed by atoms with Gasteiger partial charge in [0.25, 0.3) is 0 Å². The molecular formula is C15H22F2N2. The fourth-order valence-corrected chi connectivity index (χ4v) is 3.40. The Morgan fingerprint density at radius 2 is 2.00 bits per heavy atom. The SMILES string of the molecule is CCC1(C(Cc2cc(F)ccc2F)NN)CCCC1. The molecule has 1 unspecified atom stereocenters. The minimum absolute atomic E-state index is 0.00343. The van der Waals surface area contributed by atoms with Crippen LogP contribution in [0.4, 0.5) is 8.78 Å². The monoisotopic (exact) mass is 268 g/mol. The molecule has 1 fully saturated rings. The molecule has 0 heterocycles. The van der Waals surface area contributed by atoms with Crippen LogP contribution < -0.4 is 11.3 Å². The van der Waals surface area contributed by atoms with Gasteiger partial charge in [-0.3, -0.25) is 11.3 Å². The molecule has 0 aliphatic heterocycles. The van der Waals surface area contributed by atoms with Gasteiger partial charge in [-0.2, -0.15) is 0 Å². The molecule has 0 saturated heterocycles. The van der Waals surface area contributed by atoms with E-state index in [2.05, 4.69) is 12.3 Å². The minimum Gasteiger partial charge on any atom is -0.271 e. The first-order valence-corrected chi connectivity index (χ1v) is 7.01. The molecule has 0 amide bonds. The van der Waals surface area contributed by atoms with Crippen LogP contribution in [0, 0.1) is 17.0 Å². The predicted octanol–water partition coefficient (Wildman–Crippen LogP) is 3.31. The van der Waals surface area contributed by atoms with E-state index < -0.39 is 5.82 Å². The Balaban J connectivity index is 2.21. The van der Waals surface area contributed by atoms with Crippen LogP contribution in [0.15, 0.2) is 18.2 Å². The topological polar surface area (TPSA) is 38.0 Å². The molecule has 19 heavy (non-hydrogen) atoms. The highest BCUT2D eigenvalue weighted by Crippen LogP contribution is 2.44. The Morgan fingerprint density at radius 3 is 2.58 bits per heavy atom. The van der Waals surface area contributed by atoms with Gasteiger partial charge in [0.2, 0.25) is 0 Å². The van der Waals surface area contributed by atoms with Crippen LogP contribution in [0.2, 0.25) is 0 Å². The molecule has 2 nitrogen and oxygen atoms in total. The molecule has 2 rings (SSSR count). The standard InChI is InChI=1S/C15H22F2N2/c1-2-15(7-3-4-8-15)14(19-18)10-11-9-12(16)5-6-13(11)17/h5-6,9,14,19H,2-4,7-8,10,18H2,1H3. The van der Waals surface area contributed by atoms with Crippen molar-refractivity contribution in [2.24, 2.45) is 11.3 Å². The lowest BCUT2D eigenvalue weighted by Gasteiger charge is -2.36. The first-order valence-electron chi connectivity index (χ1n) is 7.01. The number of benzene rings is 1. The summed E-state index contributed by atoms with van der Waals surface area (Å²) < 4.78 is 27.0. The van der Waals surface area contributed by atoms with Crippen molar-refractivity contribution < 1.29 is 8.78 Å². The summed E-state index contributed by atoms with van der Waals surface area (Å²) in [4.78, 5) is 0. The predicted molar refractivity (Wildman–Crippen MR) is 72.4 cm³/mol. The Morgan fingerprint density at radius 1 is 1.32 bits per heavy atom. The quantitative estimate of drug-likeness (QED) is 0.635. The number of nitrogens with two attached hydrogens (primary N) is 1. The summed E-state index contributed by atoms with van der Waals surface area (Å²) >= 11 is 0. The fraction of sp³-hybridized carbons (Fsp3) is 0.600. The van der Waals surface area contributed by atoms with E-state index in [1.807, 2.05) is 0 Å². The van der Waals surface area contributed by atoms with Crippen molar-refractivity contribution in [3.63, 3.8) is 0 Å². The molecular weight excluding hydrogens is 246 g/mol. The lowest BCUT2D eigenvalue weighted by Crippen LogP contribution is -2.48. The zero-order valence-electron chi connectivity index (χ0n) is 11.4. The second-order valence-corrected chi connectivity index (χ2v) is 5.58. The van der Waals surface area contributed by atoms with Crippen molar-refractivity contribution >= 4 is 0 Å². The molecule has 4 heteroatoms. The van der Waals surface area contributed by atoms with Crippen LogP contribution >= 0.6 is 0 Å². The fourth-order valence-electron chi connectivity index (χ4n) is 3.40. The van der Waals surface area contributed by atoms with Crippen molar-refractivity contribution in [2.45, 2.75) is 51.5 Å². The van der Waals surface area contributed by atoms with Crippen LogP contribution in [-0.4, -0.2) is 6.04 Å². The molecule has 106 valence electrons. The summed E-state index contributed by atoms with van der Waals surface area (Å²) in [5.74, 6) is 4.93. The molecule has 0 aromatic heterocycles. The van der Waals surface area contributed by atoms with Gasteiger partial charge in [0.05, 0.1) is 0 Å². The van der Waals surface area contributed by atoms with Crippen LogP contribution in [0.3, 0.4) is 0 Å². The molecule has 1 atom stereocenters. The van der Waals surface area contributed by atoms with Gasteiger partial charge in [-0.05, 0) is 54.9 Å². The van der Waals surface area contributed by atoms with Crippen LogP contribution in [0.5, 0.6) is 0 Å². The minimum atomic E-state index is -0.399. The average Bonchev–Trinajstić information content (AvgIpc) is 2.89. The third kappa shape index (κ3) is 2.95. The molecule has 1 aliphatic rings. The Hall–Kier alpha value is -1.00. The summed E-state index contributed by atoms with van der Waals surface area (Å²) in [6.07, 6.45) is 6.05. The Kier molecular flexibility index (Phi) is 4.53. The Labute approximate surface area is 113 Å². The zero-order valence-corrected chi connectivity index (χ0v) is 11.4. The van der Waals surface area contributed by atoms with E-state index in [1.165, 1.54) is 25.0 Å². The normalized spacial score (nSPS) is 19.6. The van der Waals surface area contributed by atoms with E-state index in [0.717, 1.165) is 25.3 Å². The van der Waals surface area contributed by atoms with Gasteiger partial charge in [-0.25, -0.2) is 8.78 Å². The Bertz CT molecular complexity index is 428. The van der Waals surface area contributed by atoms with Gasteiger partial charge in [0, 0.05) is 6.04 Å². The van der Waals surface area contributed by atoms with Gasteiger partial charge in [-0.1, -0.05) is 19.8 Å². The number of hydrogen-bond donors (Lipinski definition) is 2. The van der Waals surface area contributed by atoms with E-state index >= 15 is 0 Å². The first-order chi connectivity index (χ1) is 9.11. The summed E-state index contributed by atoms with van der Waals surface area (Å²) in [7, 11) is 0. The number of hydrazine groups is 1. The van der Waals surface area contributed by atoms with Gasteiger partial charge in [0.1, 0.15) is 11.6 Å². The number of halogens is 2. The van der Waals surface area contributed by atoms with Crippen LogP contribution in [-0.2, 0) is 6.42 Å². The second-order valence-electron chi connectivity index (χ2n) is 5.58. The van der Waals surface area contributed by atoms with Gasteiger partial charge in [-0.15, -0.1) is 0 Å². The van der Waals surface area contributed by atoms with Gasteiger partial charge < -0.3 is 0 Å². The van der Waals surface area contributed by atoms with Gasteiger partial charge in [0.15, 0.2) is 0 Å². The van der Waals surface area contributed by atoms with Gasteiger partial charge >= 0.3 is 0 Å². The molecule has 0 spiro atoms. The lowest BCUT2D eigenvalue weighted by molar-refractivity contribution is 0.184. The number of hydrogen-bond acceptors (Lipinski definition) is 2. The summed E-state index contributed by atoms with van der Waals surface area (Å²) in [5.41, 5.74) is 3.37. The molecule has 1 saturated carbocycles. The maximum absolute atomic E-state index is 13.7. The van der Waals surface area contributed by atoms with Crippen molar-refractivity contribution in [3.8, 4) is 0 Å². The van der Waals surface area contributed by atoms with Crippen LogP contribution in [0.1, 0.15) is 44.6 Å². The molecule has 1 aromatic rings. The highest BCUT2D eigenvalue weighted by molar-refractivity contribution is 5.20. The third-order valence-corrected chi connectivity index (χ3v) is 4.68. The van der Waals surface area contributed by atoms with E-state index in [0.29, 0.717) is 12.0 Å². The summed E-state index contributed by atoms with van der Waals surface area (Å²) in [5, 5.41) is 0. The van der Waals surface area contributed by atoms with E-state index in [9.17, 15) is 8.78 Å².